The second-order valence-electron chi connectivity index (χ2n) is 15.3. The average molecular weight is 934 g/mol. The number of fused-ring (bicyclic) bond motifs is 3. The fourth-order valence-corrected chi connectivity index (χ4v) is 8.74. The molecule has 0 aliphatic rings. The summed E-state index contributed by atoms with van der Waals surface area (Å²) in [7, 11) is -1.57. The number of furan rings is 1. The third-order valence-electron chi connectivity index (χ3n) is 10.1. The smallest absolute Gasteiger partial charge is 0.121 e. The van der Waals surface area contributed by atoms with Gasteiger partial charge in [-0.05, 0) is 62.4 Å². The van der Waals surface area contributed by atoms with Crippen LogP contribution in [0, 0.1) is 12.1 Å². The van der Waals surface area contributed by atoms with E-state index in [1.807, 2.05) is 86.9 Å². The third kappa shape index (κ3) is 8.67. The van der Waals surface area contributed by atoms with E-state index in [-0.39, 0.29) is 20.1 Å². The summed E-state index contributed by atoms with van der Waals surface area (Å²) < 4.78 is 15.0. The molecule has 57 heavy (non-hydrogen) atoms. The second kappa shape index (κ2) is 17.2. The molecule has 283 valence electrons. The maximum Gasteiger partial charge on any atom is 0.121 e. The van der Waals surface area contributed by atoms with E-state index in [2.05, 4.69) is 134 Å². The van der Waals surface area contributed by atoms with Crippen LogP contribution < -0.4 is 5.19 Å². The molecule has 0 saturated carbocycles. The molecule has 0 spiro atoms. The van der Waals surface area contributed by atoms with Gasteiger partial charge in [-0.2, -0.15) is 0 Å². The van der Waals surface area contributed by atoms with Crippen LogP contribution >= 0.6 is 0 Å². The minimum absolute atomic E-state index is 0. The van der Waals surface area contributed by atoms with E-state index in [0.717, 1.165) is 72.3 Å². The van der Waals surface area contributed by atoms with Crippen LogP contribution in [0.4, 0.5) is 0 Å². The Bertz CT molecular complexity index is 2810. The standard InChI is InChI=1S/C29H18NO.C23H26NSi.Ir/c1-3-8-20(9-4-1)22-14-15-24-25-12-7-13-26(29(25)31-28(24)19-22)27-18-23(16-17-30-27)21-10-5-2-6-11-21;1-17(2)21-15-22(24-16-23(21)25(3,4)5)20-13-9-12-19(14-20)18-10-7-6-8-11-18;/h1-12,14-19H;6-12,14-17H,1-5H3;/q2*-1;/i;17D;. The van der Waals surface area contributed by atoms with Crippen molar-refractivity contribution in [1.29, 1.82) is 0 Å². The van der Waals surface area contributed by atoms with Crippen molar-refractivity contribution in [3.8, 4) is 55.9 Å². The van der Waals surface area contributed by atoms with Gasteiger partial charge in [-0.3, -0.25) is 0 Å². The Morgan fingerprint density at radius 1 is 0.579 bits per heavy atom. The van der Waals surface area contributed by atoms with Crippen LogP contribution in [0.25, 0.3) is 77.8 Å². The van der Waals surface area contributed by atoms with Gasteiger partial charge in [0.15, 0.2) is 0 Å². The van der Waals surface area contributed by atoms with Gasteiger partial charge in [-0.15, -0.1) is 53.6 Å². The van der Waals surface area contributed by atoms with Gasteiger partial charge in [0.1, 0.15) is 5.58 Å². The number of hydrogen-bond acceptors (Lipinski definition) is 3. The molecule has 0 saturated heterocycles. The van der Waals surface area contributed by atoms with Crippen molar-refractivity contribution in [3.63, 3.8) is 0 Å². The molecule has 0 unspecified atom stereocenters. The van der Waals surface area contributed by atoms with Crippen molar-refractivity contribution in [2.75, 3.05) is 0 Å². The summed E-state index contributed by atoms with van der Waals surface area (Å²) in [6, 6.07) is 60.5. The Hall–Kier alpha value is -5.71. The molecular weight excluding hydrogens is 889 g/mol. The number of rotatable bonds is 7. The van der Waals surface area contributed by atoms with Gasteiger partial charge in [0, 0.05) is 39.3 Å². The van der Waals surface area contributed by atoms with Gasteiger partial charge in [-0.25, -0.2) is 0 Å². The number of benzene rings is 6. The zero-order valence-corrected chi connectivity index (χ0v) is 36.2. The monoisotopic (exact) mass is 934 g/mol. The molecule has 9 rings (SSSR count). The number of nitrogens with zero attached hydrogens (tertiary/aromatic N) is 2. The summed E-state index contributed by atoms with van der Waals surface area (Å²) in [5.41, 5.74) is 13.3. The van der Waals surface area contributed by atoms with E-state index in [1.165, 1.54) is 16.3 Å². The minimum atomic E-state index is -1.57. The van der Waals surface area contributed by atoms with E-state index in [9.17, 15) is 0 Å². The van der Waals surface area contributed by atoms with Gasteiger partial charge >= 0.3 is 0 Å². The van der Waals surface area contributed by atoms with Gasteiger partial charge in [0.25, 0.3) is 0 Å². The van der Waals surface area contributed by atoms with E-state index in [1.54, 1.807) is 0 Å². The Morgan fingerprint density at radius 2 is 1.18 bits per heavy atom. The molecule has 3 heterocycles. The minimum Gasteiger partial charge on any atom is -0.501 e. The molecule has 5 heteroatoms. The van der Waals surface area contributed by atoms with E-state index in [4.69, 9.17) is 10.8 Å². The molecule has 6 aromatic carbocycles. The first kappa shape index (κ1) is 38.2. The van der Waals surface area contributed by atoms with Crippen molar-refractivity contribution in [3.05, 3.63) is 188 Å². The molecule has 3 nitrogen and oxygen atoms in total. The molecule has 0 aliphatic carbocycles. The first-order chi connectivity index (χ1) is 27.5. The topological polar surface area (TPSA) is 38.9 Å². The number of aromatic nitrogens is 2. The quantitative estimate of drug-likeness (QED) is 0.118. The van der Waals surface area contributed by atoms with Crippen LogP contribution in [0.2, 0.25) is 19.6 Å². The fourth-order valence-electron chi connectivity index (χ4n) is 7.16. The summed E-state index contributed by atoms with van der Waals surface area (Å²) in [6.07, 6.45) is 3.84. The largest absolute Gasteiger partial charge is 0.501 e. The van der Waals surface area contributed by atoms with Crippen LogP contribution in [0.1, 0.15) is 26.7 Å². The van der Waals surface area contributed by atoms with Gasteiger partial charge in [0.05, 0.1) is 13.7 Å². The first-order valence-corrected chi connectivity index (χ1v) is 22.6. The van der Waals surface area contributed by atoms with Crippen LogP contribution in [0.5, 0.6) is 0 Å². The predicted molar refractivity (Wildman–Crippen MR) is 238 cm³/mol. The molecule has 0 fully saturated rings. The molecule has 0 amide bonds. The van der Waals surface area contributed by atoms with E-state index in [0.29, 0.717) is 0 Å². The predicted octanol–water partition coefficient (Wildman–Crippen LogP) is 13.7. The third-order valence-corrected chi connectivity index (χ3v) is 12.1. The average Bonchev–Trinajstić information content (AvgIpc) is 3.62. The van der Waals surface area contributed by atoms with Crippen LogP contribution in [-0.2, 0) is 20.1 Å². The summed E-state index contributed by atoms with van der Waals surface area (Å²) >= 11 is 0. The molecule has 0 bridgehead atoms. The Morgan fingerprint density at radius 3 is 1.79 bits per heavy atom. The molecular formula is C52H44IrN2OSi-2. The molecule has 1 radical (unpaired) electrons. The van der Waals surface area contributed by atoms with Crippen molar-refractivity contribution in [2.45, 2.75) is 39.4 Å². The van der Waals surface area contributed by atoms with Crippen molar-refractivity contribution in [1.82, 2.24) is 9.97 Å². The number of pyridine rings is 2. The van der Waals surface area contributed by atoms with Crippen LogP contribution in [0.15, 0.2) is 175 Å². The van der Waals surface area contributed by atoms with Crippen molar-refractivity contribution >= 4 is 35.2 Å². The Kier molecular flexibility index (Phi) is 11.5. The van der Waals surface area contributed by atoms with Gasteiger partial charge in [-0.1, -0.05) is 165 Å². The summed E-state index contributed by atoms with van der Waals surface area (Å²) in [5, 5.41) is 3.44. The second-order valence-corrected chi connectivity index (χ2v) is 20.3. The van der Waals surface area contributed by atoms with Crippen LogP contribution in [0.3, 0.4) is 0 Å². The molecule has 0 N–H and O–H groups in total. The Labute approximate surface area is 352 Å². The van der Waals surface area contributed by atoms with Crippen molar-refractivity contribution in [2.24, 2.45) is 0 Å². The summed E-state index contributed by atoms with van der Waals surface area (Å²) in [5.74, 6) is -0.648. The molecule has 9 aromatic rings. The molecule has 3 aromatic heterocycles. The van der Waals surface area contributed by atoms with Gasteiger partial charge in [0.2, 0.25) is 0 Å². The first-order valence-electron chi connectivity index (χ1n) is 19.6. The van der Waals surface area contributed by atoms with E-state index >= 15 is 0 Å². The van der Waals surface area contributed by atoms with Gasteiger partial charge < -0.3 is 14.4 Å². The maximum absolute atomic E-state index is 8.61. The van der Waals surface area contributed by atoms with E-state index < -0.39 is 14.0 Å². The summed E-state index contributed by atoms with van der Waals surface area (Å²) in [4.78, 5) is 9.37. The molecule has 0 atom stereocenters. The zero-order chi connectivity index (χ0) is 39.6. The van der Waals surface area contributed by atoms with Crippen LogP contribution in [-0.4, -0.2) is 18.0 Å². The van der Waals surface area contributed by atoms with Crippen molar-refractivity contribution < 1.29 is 25.9 Å². The maximum atomic E-state index is 8.61. The normalized spacial score (nSPS) is 11.7. The molecule has 0 aliphatic heterocycles. The zero-order valence-electron chi connectivity index (χ0n) is 33.8. The summed E-state index contributed by atoms with van der Waals surface area (Å²) in [6.45, 7) is 10.8. The SMILES string of the molecule is [2H]C(C)(C)c1cc(-c2[c-]ccc(-c3ccccc3)c2)ncc1[Si](C)(C)C.[Ir].[c-]1ccc2c(oc3cc(-c4ccccc4)ccc32)c1-c1cc(-c2ccccc2)ccn1. The Balaban J connectivity index is 0.000000177. The number of hydrogen-bond donors (Lipinski definition) is 0. The fraction of sp³-hybridized carbons (Fsp3) is 0.115.